The minimum Gasteiger partial charge on any atom is -0.337 e. The number of carbonyl (C=O) groups is 1. The molecular weight excluding hydrogens is 248 g/mol. The van der Waals surface area contributed by atoms with Crippen LogP contribution in [0.4, 0.5) is 0 Å². The molecule has 0 saturated carbocycles. The Morgan fingerprint density at radius 2 is 2.39 bits per heavy atom. The maximum atomic E-state index is 12.0. The zero-order valence-electron chi connectivity index (χ0n) is 9.70. The molecule has 1 aromatic heterocycles. The molecule has 0 fully saturated rings. The Morgan fingerprint density at radius 3 is 3.06 bits per heavy atom. The fourth-order valence-corrected chi connectivity index (χ4v) is 2.04. The maximum Gasteiger partial charge on any atom is 0.267 e. The highest BCUT2D eigenvalue weighted by molar-refractivity contribution is 7.07. The third kappa shape index (κ3) is 2.70. The molecule has 90 valence electrons. The summed E-state index contributed by atoms with van der Waals surface area (Å²) < 4.78 is 3.66. The van der Waals surface area contributed by atoms with Crippen molar-refractivity contribution in [1.29, 1.82) is 5.26 Å². The minimum atomic E-state index is -0.118. The SMILES string of the molecule is CN(Cc1cccc(C#N)c1)C(=O)c1cnns1. The summed E-state index contributed by atoms with van der Waals surface area (Å²) in [6.07, 6.45) is 1.45. The number of rotatable bonds is 3. The molecule has 0 radical (unpaired) electrons. The van der Waals surface area contributed by atoms with E-state index in [1.54, 1.807) is 30.1 Å². The van der Waals surface area contributed by atoms with Crippen molar-refractivity contribution in [1.82, 2.24) is 14.5 Å². The number of aromatic nitrogens is 2. The number of nitrogens with zero attached hydrogens (tertiary/aromatic N) is 4. The standard InChI is InChI=1S/C12H10N4OS/c1-16(12(17)11-7-14-15-18-11)8-10-4-2-3-9(5-10)6-13/h2-5,7H,8H2,1H3. The molecule has 0 atom stereocenters. The summed E-state index contributed by atoms with van der Waals surface area (Å²) in [7, 11) is 1.71. The van der Waals surface area contributed by atoms with E-state index in [-0.39, 0.29) is 5.91 Å². The van der Waals surface area contributed by atoms with Crippen molar-refractivity contribution in [2.75, 3.05) is 7.05 Å². The van der Waals surface area contributed by atoms with Crippen molar-refractivity contribution in [3.63, 3.8) is 0 Å². The predicted molar refractivity (Wildman–Crippen MR) is 66.9 cm³/mol. The molecule has 1 amide bonds. The van der Waals surface area contributed by atoms with Crippen LogP contribution >= 0.6 is 11.5 Å². The van der Waals surface area contributed by atoms with Crippen LogP contribution in [0.15, 0.2) is 30.5 Å². The molecule has 0 unspecified atom stereocenters. The second-order valence-corrected chi connectivity index (χ2v) is 4.54. The third-order valence-corrected chi connectivity index (χ3v) is 3.05. The molecule has 0 saturated heterocycles. The van der Waals surface area contributed by atoms with Crippen LogP contribution < -0.4 is 0 Å². The van der Waals surface area contributed by atoms with Crippen molar-refractivity contribution >= 4 is 17.4 Å². The summed E-state index contributed by atoms with van der Waals surface area (Å²) in [5.74, 6) is -0.118. The van der Waals surface area contributed by atoms with Gasteiger partial charge in [0.25, 0.3) is 5.91 Å². The molecular formula is C12H10N4OS. The first kappa shape index (κ1) is 12.2. The average molecular weight is 258 g/mol. The highest BCUT2D eigenvalue weighted by Gasteiger charge is 2.14. The van der Waals surface area contributed by atoms with Crippen LogP contribution in [0, 0.1) is 11.3 Å². The molecule has 2 rings (SSSR count). The van der Waals surface area contributed by atoms with E-state index in [9.17, 15) is 4.79 Å². The Hall–Kier alpha value is -2.26. The molecule has 0 aliphatic rings. The summed E-state index contributed by atoms with van der Waals surface area (Å²) in [5, 5.41) is 12.4. The normalized spacial score (nSPS) is 9.78. The smallest absolute Gasteiger partial charge is 0.267 e. The first-order valence-corrected chi connectivity index (χ1v) is 6.00. The summed E-state index contributed by atoms with van der Waals surface area (Å²) in [6.45, 7) is 0.451. The van der Waals surface area contributed by atoms with Gasteiger partial charge < -0.3 is 4.90 Å². The maximum absolute atomic E-state index is 12.0. The van der Waals surface area contributed by atoms with Crippen LogP contribution in [-0.2, 0) is 6.54 Å². The predicted octanol–water partition coefficient (Wildman–Crippen LogP) is 1.68. The van der Waals surface area contributed by atoms with Crippen molar-refractivity contribution in [2.45, 2.75) is 6.54 Å². The Balaban J connectivity index is 2.09. The molecule has 1 heterocycles. The van der Waals surface area contributed by atoms with Gasteiger partial charge in [-0.05, 0) is 29.2 Å². The van der Waals surface area contributed by atoms with Gasteiger partial charge >= 0.3 is 0 Å². The van der Waals surface area contributed by atoms with Gasteiger partial charge in [0.05, 0.1) is 17.8 Å². The number of benzene rings is 1. The van der Waals surface area contributed by atoms with E-state index < -0.39 is 0 Å². The number of hydrogen-bond donors (Lipinski definition) is 0. The lowest BCUT2D eigenvalue weighted by Gasteiger charge is -2.15. The van der Waals surface area contributed by atoms with Gasteiger partial charge in [-0.2, -0.15) is 5.26 Å². The van der Waals surface area contributed by atoms with E-state index in [0.717, 1.165) is 17.1 Å². The monoisotopic (exact) mass is 258 g/mol. The number of nitriles is 1. The second kappa shape index (κ2) is 5.38. The van der Waals surface area contributed by atoms with E-state index in [1.807, 2.05) is 6.07 Å². The van der Waals surface area contributed by atoms with Crippen molar-refractivity contribution in [3.05, 3.63) is 46.5 Å². The van der Waals surface area contributed by atoms with E-state index in [2.05, 4.69) is 15.7 Å². The van der Waals surface area contributed by atoms with Gasteiger partial charge in [-0.15, -0.1) is 5.10 Å². The van der Waals surface area contributed by atoms with Crippen molar-refractivity contribution in [3.8, 4) is 6.07 Å². The van der Waals surface area contributed by atoms with Crippen LogP contribution in [0.5, 0.6) is 0 Å². The van der Waals surface area contributed by atoms with Crippen LogP contribution in [0.1, 0.15) is 20.8 Å². The van der Waals surface area contributed by atoms with Crippen LogP contribution in [-0.4, -0.2) is 27.4 Å². The van der Waals surface area contributed by atoms with E-state index in [4.69, 9.17) is 5.26 Å². The van der Waals surface area contributed by atoms with Gasteiger partial charge in [-0.1, -0.05) is 16.6 Å². The third-order valence-electron chi connectivity index (χ3n) is 2.39. The number of hydrogen-bond acceptors (Lipinski definition) is 5. The lowest BCUT2D eigenvalue weighted by Crippen LogP contribution is -2.25. The first-order chi connectivity index (χ1) is 8.70. The van der Waals surface area contributed by atoms with Crippen molar-refractivity contribution < 1.29 is 4.79 Å². The van der Waals surface area contributed by atoms with Gasteiger partial charge in [0.15, 0.2) is 0 Å². The lowest BCUT2D eigenvalue weighted by atomic mass is 10.1. The first-order valence-electron chi connectivity index (χ1n) is 5.22. The van der Waals surface area contributed by atoms with E-state index in [1.165, 1.54) is 6.20 Å². The zero-order valence-corrected chi connectivity index (χ0v) is 10.5. The fourth-order valence-electron chi connectivity index (χ4n) is 1.53. The average Bonchev–Trinajstić information content (AvgIpc) is 2.92. The van der Waals surface area contributed by atoms with Gasteiger partial charge in [0.2, 0.25) is 0 Å². The van der Waals surface area contributed by atoms with Gasteiger partial charge in [0, 0.05) is 13.6 Å². The Labute approximate surface area is 108 Å². The highest BCUT2D eigenvalue weighted by atomic mass is 32.1. The molecule has 0 spiro atoms. The van der Waals surface area contributed by atoms with Crippen molar-refractivity contribution in [2.24, 2.45) is 0 Å². The molecule has 1 aromatic carbocycles. The quantitative estimate of drug-likeness (QED) is 0.839. The lowest BCUT2D eigenvalue weighted by molar-refractivity contribution is 0.0789. The molecule has 18 heavy (non-hydrogen) atoms. The topological polar surface area (TPSA) is 69.9 Å². The van der Waals surface area contributed by atoms with Gasteiger partial charge in [0.1, 0.15) is 4.88 Å². The van der Waals surface area contributed by atoms with Crippen LogP contribution in [0.25, 0.3) is 0 Å². The van der Waals surface area contributed by atoms with E-state index >= 15 is 0 Å². The van der Waals surface area contributed by atoms with E-state index in [0.29, 0.717) is 17.0 Å². The molecule has 0 bridgehead atoms. The Kier molecular flexibility index (Phi) is 3.65. The molecule has 5 nitrogen and oxygen atoms in total. The molecule has 0 aliphatic heterocycles. The Morgan fingerprint density at radius 1 is 1.56 bits per heavy atom. The molecule has 0 N–H and O–H groups in total. The molecule has 0 aliphatic carbocycles. The van der Waals surface area contributed by atoms with Gasteiger partial charge in [-0.3, -0.25) is 4.79 Å². The summed E-state index contributed by atoms with van der Waals surface area (Å²) in [5.41, 5.74) is 1.51. The minimum absolute atomic E-state index is 0.118. The van der Waals surface area contributed by atoms with Crippen LogP contribution in [0.2, 0.25) is 0 Å². The largest absolute Gasteiger partial charge is 0.337 e. The summed E-state index contributed by atoms with van der Waals surface area (Å²) in [6, 6.07) is 9.27. The number of carbonyl (C=O) groups excluding carboxylic acids is 1. The Bertz CT molecular complexity index is 588. The summed E-state index contributed by atoms with van der Waals surface area (Å²) >= 11 is 1.07. The van der Waals surface area contributed by atoms with Gasteiger partial charge in [-0.25, -0.2) is 0 Å². The molecule has 6 heteroatoms. The van der Waals surface area contributed by atoms with Crippen LogP contribution in [0.3, 0.4) is 0 Å². The second-order valence-electron chi connectivity index (χ2n) is 3.76. The molecule has 2 aromatic rings. The number of amides is 1. The zero-order chi connectivity index (χ0) is 13.0. The fraction of sp³-hybridized carbons (Fsp3) is 0.167. The summed E-state index contributed by atoms with van der Waals surface area (Å²) in [4.78, 5) is 14.0. The highest BCUT2D eigenvalue weighted by Crippen LogP contribution is 2.11.